The summed E-state index contributed by atoms with van der Waals surface area (Å²) < 4.78 is 0. The van der Waals surface area contributed by atoms with Gasteiger partial charge in [-0.2, -0.15) is 0 Å². The van der Waals surface area contributed by atoms with Crippen molar-refractivity contribution in [3.63, 3.8) is 0 Å². The van der Waals surface area contributed by atoms with Gasteiger partial charge in [-0.1, -0.05) is 0 Å². The lowest BCUT2D eigenvalue weighted by atomic mass is 9.78. The summed E-state index contributed by atoms with van der Waals surface area (Å²) in [6, 6.07) is 0. The Balaban J connectivity index is 1.58. The molecule has 4 saturated heterocycles. The molecule has 0 spiro atoms. The second kappa shape index (κ2) is 3.10. The SMILES string of the molecule is O=C1C(C2C(=O)N3CCS[C@@H]23)[C@@H]2SCCN12. The van der Waals surface area contributed by atoms with E-state index in [2.05, 4.69) is 0 Å². The molecule has 4 fully saturated rings. The maximum absolute atomic E-state index is 11.9. The molecule has 0 aromatic heterocycles. The lowest BCUT2D eigenvalue weighted by molar-refractivity contribution is -0.169. The maximum Gasteiger partial charge on any atom is 0.230 e. The Morgan fingerprint density at radius 3 is 1.75 bits per heavy atom. The van der Waals surface area contributed by atoms with Gasteiger partial charge in [0.15, 0.2) is 0 Å². The molecule has 16 heavy (non-hydrogen) atoms. The van der Waals surface area contributed by atoms with Crippen molar-refractivity contribution in [2.24, 2.45) is 11.8 Å². The van der Waals surface area contributed by atoms with Gasteiger partial charge in [-0.25, -0.2) is 0 Å². The van der Waals surface area contributed by atoms with Crippen LogP contribution in [0, 0.1) is 11.8 Å². The molecule has 2 amide bonds. The summed E-state index contributed by atoms with van der Waals surface area (Å²) in [6.45, 7) is 1.76. The highest BCUT2D eigenvalue weighted by Gasteiger charge is 2.64. The van der Waals surface area contributed by atoms with Gasteiger partial charge >= 0.3 is 0 Å². The minimum Gasteiger partial charge on any atom is -0.329 e. The van der Waals surface area contributed by atoms with Crippen LogP contribution in [0.4, 0.5) is 0 Å². The van der Waals surface area contributed by atoms with Crippen LogP contribution in [0.1, 0.15) is 0 Å². The molecule has 0 aromatic carbocycles. The number of hydrogen-bond donors (Lipinski definition) is 0. The number of amides is 2. The predicted octanol–water partition coefficient (Wildman–Crippen LogP) is 0.0490. The van der Waals surface area contributed by atoms with E-state index in [1.165, 1.54) is 0 Å². The number of carbonyl (C=O) groups is 2. The van der Waals surface area contributed by atoms with E-state index in [1.807, 2.05) is 33.3 Å². The first-order valence-electron chi connectivity index (χ1n) is 5.63. The van der Waals surface area contributed by atoms with E-state index in [-0.39, 0.29) is 23.7 Å². The molecule has 4 aliphatic rings. The van der Waals surface area contributed by atoms with Gasteiger partial charge in [0.2, 0.25) is 11.8 Å². The van der Waals surface area contributed by atoms with Gasteiger partial charge in [-0.15, -0.1) is 23.5 Å². The molecule has 0 N–H and O–H groups in total. The van der Waals surface area contributed by atoms with E-state index in [0.29, 0.717) is 10.7 Å². The van der Waals surface area contributed by atoms with Crippen molar-refractivity contribution in [3.05, 3.63) is 0 Å². The first-order chi connectivity index (χ1) is 7.79. The van der Waals surface area contributed by atoms with E-state index in [4.69, 9.17) is 0 Å². The first-order valence-corrected chi connectivity index (χ1v) is 7.73. The number of carbonyl (C=O) groups excluding carboxylic acids is 2. The summed E-state index contributed by atoms with van der Waals surface area (Å²) in [4.78, 5) is 27.8. The van der Waals surface area contributed by atoms with Crippen molar-refractivity contribution in [1.29, 1.82) is 0 Å². The summed E-state index contributed by atoms with van der Waals surface area (Å²) >= 11 is 3.69. The Labute approximate surface area is 102 Å². The van der Waals surface area contributed by atoms with E-state index in [9.17, 15) is 9.59 Å². The third kappa shape index (κ3) is 0.960. The number of thioether (sulfide) groups is 2. The van der Waals surface area contributed by atoms with Gasteiger partial charge in [0.1, 0.15) is 0 Å². The van der Waals surface area contributed by atoms with Crippen LogP contribution in [-0.4, -0.2) is 57.0 Å². The zero-order valence-electron chi connectivity index (χ0n) is 8.67. The molecule has 4 heterocycles. The molecule has 0 saturated carbocycles. The Kier molecular flexibility index (Phi) is 1.87. The van der Waals surface area contributed by atoms with Gasteiger partial charge in [0, 0.05) is 24.6 Å². The quantitative estimate of drug-likeness (QED) is 0.622. The van der Waals surface area contributed by atoms with Crippen molar-refractivity contribution < 1.29 is 9.59 Å². The van der Waals surface area contributed by atoms with Crippen LogP contribution >= 0.6 is 23.5 Å². The minimum atomic E-state index is -0.00755. The fourth-order valence-corrected chi connectivity index (χ4v) is 6.02. The van der Waals surface area contributed by atoms with E-state index in [1.54, 1.807) is 0 Å². The number of hydrogen-bond acceptors (Lipinski definition) is 4. The summed E-state index contributed by atoms with van der Waals surface area (Å²) in [6.07, 6.45) is 0. The number of nitrogens with zero attached hydrogens (tertiary/aromatic N) is 2. The van der Waals surface area contributed by atoms with Gasteiger partial charge in [-0.05, 0) is 0 Å². The topological polar surface area (TPSA) is 40.6 Å². The van der Waals surface area contributed by atoms with Crippen LogP contribution < -0.4 is 0 Å². The highest BCUT2D eigenvalue weighted by molar-refractivity contribution is 8.00. The Morgan fingerprint density at radius 1 is 0.875 bits per heavy atom. The lowest BCUT2D eigenvalue weighted by Crippen LogP contribution is -2.69. The molecule has 0 aromatic rings. The molecule has 0 radical (unpaired) electrons. The average Bonchev–Trinajstić information content (AvgIpc) is 2.89. The van der Waals surface area contributed by atoms with Gasteiger partial charge in [-0.3, -0.25) is 9.59 Å². The predicted molar refractivity (Wildman–Crippen MR) is 62.9 cm³/mol. The van der Waals surface area contributed by atoms with Crippen LogP contribution in [0.5, 0.6) is 0 Å². The normalized spacial score (nSPS) is 45.2. The summed E-state index contributed by atoms with van der Waals surface area (Å²) in [5.41, 5.74) is 0. The van der Waals surface area contributed by atoms with E-state index in [0.717, 1.165) is 24.6 Å². The van der Waals surface area contributed by atoms with Crippen molar-refractivity contribution in [3.8, 4) is 0 Å². The molecule has 0 bridgehead atoms. The van der Waals surface area contributed by atoms with Crippen LogP contribution in [-0.2, 0) is 9.59 Å². The van der Waals surface area contributed by atoms with Gasteiger partial charge in [0.05, 0.1) is 22.6 Å². The third-order valence-electron chi connectivity index (χ3n) is 3.99. The molecule has 4 atom stereocenters. The first kappa shape index (κ1) is 9.65. The number of β-lactam (4-membered cyclic amide) rings is 2. The fourth-order valence-electron chi connectivity index (χ4n) is 3.17. The zero-order chi connectivity index (χ0) is 10.9. The molecule has 4 rings (SSSR count). The van der Waals surface area contributed by atoms with Crippen molar-refractivity contribution in [1.82, 2.24) is 9.80 Å². The second-order valence-corrected chi connectivity index (χ2v) is 7.09. The van der Waals surface area contributed by atoms with Crippen LogP contribution in [0.25, 0.3) is 0 Å². The van der Waals surface area contributed by atoms with Crippen LogP contribution in [0.3, 0.4) is 0 Å². The highest BCUT2D eigenvalue weighted by atomic mass is 32.2. The van der Waals surface area contributed by atoms with Crippen molar-refractivity contribution >= 4 is 35.3 Å². The smallest absolute Gasteiger partial charge is 0.230 e. The Hall–Kier alpha value is -0.360. The lowest BCUT2D eigenvalue weighted by Gasteiger charge is -2.52. The molecular formula is C10H12N2O2S2. The van der Waals surface area contributed by atoms with Crippen LogP contribution in [0.15, 0.2) is 0 Å². The molecule has 6 heteroatoms. The number of rotatable bonds is 1. The zero-order valence-corrected chi connectivity index (χ0v) is 10.3. The maximum atomic E-state index is 11.9. The van der Waals surface area contributed by atoms with Crippen LogP contribution in [0.2, 0.25) is 0 Å². The molecule has 4 aliphatic heterocycles. The molecule has 2 unspecified atom stereocenters. The molecule has 4 nitrogen and oxygen atoms in total. The summed E-state index contributed by atoms with van der Waals surface area (Å²) in [5, 5.41) is 0.620. The third-order valence-corrected chi connectivity index (χ3v) is 6.61. The summed E-state index contributed by atoms with van der Waals surface area (Å²) in [5.74, 6) is 2.50. The second-order valence-electron chi connectivity index (χ2n) is 4.64. The molecular weight excluding hydrogens is 244 g/mol. The van der Waals surface area contributed by atoms with E-state index >= 15 is 0 Å². The molecule has 86 valence electrons. The largest absolute Gasteiger partial charge is 0.329 e. The van der Waals surface area contributed by atoms with Crippen molar-refractivity contribution in [2.45, 2.75) is 10.7 Å². The Bertz CT molecular complexity index is 353. The monoisotopic (exact) mass is 256 g/mol. The Morgan fingerprint density at radius 2 is 1.31 bits per heavy atom. The van der Waals surface area contributed by atoms with Gasteiger partial charge in [0.25, 0.3) is 0 Å². The average molecular weight is 256 g/mol. The highest BCUT2D eigenvalue weighted by Crippen LogP contribution is 2.52. The van der Waals surface area contributed by atoms with Crippen molar-refractivity contribution in [2.75, 3.05) is 24.6 Å². The standard InChI is InChI=1S/C10H12N2O2S2/c13-7-5(9-11(7)1-3-15-9)6-8(14)12-2-4-16-10(6)12/h5-6,9-10H,1-4H2/t5?,6?,9-,10-/m0/s1. The number of fused-ring (bicyclic) bond motifs is 2. The fraction of sp³-hybridized carbons (Fsp3) is 0.800. The molecule has 0 aliphatic carbocycles. The van der Waals surface area contributed by atoms with Gasteiger partial charge < -0.3 is 9.80 Å². The van der Waals surface area contributed by atoms with E-state index < -0.39 is 0 Å². The summed E-state index contributed by atoms with van der Waals surface area (Å²) in [7, 11) is 0. The minimum absolute atomic E-state index is 0.00755.